The summed E-state index contributed by atoms with van der Waals surface area (Å²) in [6, 6.07) is 14.4. The van der Waals surface area contributed by atoms with Gasteiger partial charge in [0.15, 0.2) is 5.11 Å². The quantitative estimate of drug-likeness (QED) is 0.367. The average Bonchev–Trinajstić information content (AvgIpc) is 3.39. The normalized spacial score (nSPS) is 20.2. The SMILES string of the molecule is Cc1cc([C@@H]2[C@H](c3ccccn3)NC(=S)N2CCC(=O)Nc2ccc(F)cc2)c(C)n1C1CCCCC1. The summed E-state index contributed by atoms with van der Waals surface area (Å²) in [4.78, 5) is 19.6. The third-order valence-corrected chi connectivity index (χ3v) is 8.04. The van der Waals surface area contributed by atoms with Gasteiger partial charge in [0.25, 0.3) is 0 Å². The number of thiocarbonyl (C=S) groups is 1. The fourth-order valence-electron chi connectivity index (χ4n) is 5.97. The van der Waals surface area contributed by atoms with Gasteiger partial charge in [-0.05, 0) is 86.9 Å². The van der Waals surface area contributed by atoms with Crippen molar-refractivity contribution in [1.82, 2.24) is 19.8 Å². The summed E-state index contributed by atoms with van der Waals surface area (Å²) in [5.41, 5.74) is 5.27. The minimum Gasteiger partial charge on any atom is -0.352 e. The van der Waals surface area contributed by atoms with Crippen molar-refractivity contribution in [3.63, 3.8) is 0 Å². The number of anilines is 1. The van der Waals surface area contributed by atoms with Crippen LogP contribution in [0.2, 0.25) is 0 Å². The summed E-state index contributed by atoms with van der Waals surface area (Å²) >= 11 is 5.81. The van der Waals surface area contributed by atoms with Crippen molar-refractivity contribution in [2.75, 3.05) is 11.9 Å². The fourth-order valence-corrected chi connectivity index (χ4v) is 6.30. The number of rotatable bonds is 7. The second-order valence-electron chi connectivity index (χ2n) is 10.1. The van der Waals surface area contributed by atoms with Gasteiger partial charge in [-0.25, -0.2) is 4.39 Å². The third kappa shape index (κ3) is 5.39. The molecule has 2 atom stereocenters. The van der Waals surface area contributed by atoms with Crippen LogP contribution in [0.25, 0.3) is 0 Å². The molecule has 2 fully saturated rings. The van der Waals surface area contributed by atoms with E-state index in [-0.39, 0.29) is 30.2 Å². The lowest BCUT2D eigenvalue weighted by atomic mass is 9.94. The Kier molecular flexibility index (Phi) is 7.55. The molecule has 2 N–H and O–H groups in total. The molecule has 5 rings (SSSR count). The lowest BCUT2D eigenvalue weighted by molar-refractivity contribution is -0.116. The number of nitrogens with zero attached hydrogens (tertiary/aromatic N) is 3. The molecule has 0 unspecified atom stereocenters. The third-order valence-electron chi connectivity index (χ3n) is 7.69. The van der Waals surface area contributed by atoms with E-state index in [1.54, 1.807) is 18.3 Å². The standard InChI is InChI=1S/C29H34FN5OS/c1-19-18-24(20(2)35(19)23-8-4-3-5-9-23)28-27(25-10-6-7-16-31-25)33-29(37)34(28)17-15-26(36)32-22-13-11-21(30)12-14-22/h6-7,10-14,16,18,23,27-28H,3-5,8-9,15,17H2,1-2H3,(H,32,36)(H,33,37)/t27-,28+/m0/s1. The summed E-state index contributed by atoms with van der Waals surface area (Å²) in [5.74, 6) is -0.470. The summed E-state index contributed by atoms with van der Waals surface area (Å²) in [6.07, 6.45) is 8.37. The molecule has 2 aromatic heterocycles. The smallest absolute Gasteiger partial charge is 0.226 e. The van der Waals surface area contributed by atoms with E-state index in [1.165, 1.54) is 61.2 Å². The van der Waals surface area contributed by atoms with E-state index < -0.39 is 0 Å². The molecule has 8 heteroatoms. The van der Waals surface area contributed by atoms with Crippen molar-refractivity contribution < 1.29 is 9.18 Å². The van der Waals surface area contributed by atoms with Crippen LogP contribution in [-0.2, 0) is 4.79 Å². The Labute approximate surface area is 223 Å². The van der Waals surface area contributed by atoms with Crippen LogP contribution in [0, 0.1) is 19.7 Å². The second-order valence-corrected chi connectivity index (χ2v) is 10.5. The maximum absolute atomic E-state index is 13.2. The van der Waals surface area contributed by atoms with E-state index in [2.05, 4.69) is 45.0 Å². The van der Waals surface area contributed by atoms with Crippen LogP contribution in [-0.4, -0.2) is 32.0 Å². The van der Waals surface area contributed by atoms with E-state index in [4.69, 9.17) is 12.2 Å². The van der Waals surface area contributed by atoms with Gasteiger partial charge in [-0.3, -0.25) is 9.78 Å². The van der Waals surface area contributed by atoms with Gasteiger partial charge in [0.2, 0.25) is 5.91 Å². The van der Waals surface area contributed by atoms with Crippen molar-refractivity contribution >= 4 is 28.9 Å². The highest BCUT2D eigenvalue weighted by molar-refractivity contribution is 7.80. The molecule has 3 aromatic rings. The van der Waals surface area contributed by atoms with Gasteiger partial charge in [-0.2, -0.15) is 0 Å². The van der Waals surface area contributed by atoms with Gasteiger partial charge in [0.05, 0.1) is 17.8 Å². The second kappa shape index (κ2) is 11.0. The van der Waals surface area contributed by atoms with E-state index >= 15 is 0 Å². The molecule has 1 saturated carbocycles. The van der Waals surface area contributed by atoms with E-state index in [0.29, 0.717) is 23.4 Å². The molecular formula is C29H34FN5OS. The van der Waals surface area contributed by atoms with E-state index in [9.17, 15) is 9.18 Å². The molecule has 194 valence electrons. The molecule has 6 nitrogen and oxygen atoms in total. The molecule has 37 heavy (non-hydrogen) atoms. The topological polar surface area (TPSA) is 62.2 Å². The summed E-state index contributed by atoms with van der Waals surface area (Å²) < 4.78 is 15.8. The highest BCUT2D eigenvalue weighted by Gasteiger charge is 2.41. The van der Waals surface area contributed by atoms with Crippen LogP contribution in [0.4, 0.5) is 10.1 Å². The zero-order chi connectivity index (χ0) is 25.9. The Morgan fingerprint density at radius 1 is 1.14 bits per heavy atom. The number of aromatic nitrogens is 2. The van der Waals surface area contributed by atoms with Crippen molar-refractivity contribution in [2.24, 2.45) is 0 Å². The van der Waals surface area contributed by atoms with E-state index in [1.807, 2.05) is 18.2 Å². The van der Waals surface area contributed by atoms with Gasteiger partial charge < -0.3 is 20.1 Å². The minimum atomic E-state index is -0.333. The molecule has 0 bridgehead atoms. The zero-order valence-electron chi connectivity index (χ0n) is 21.4. The first-order valence-electron chi connectivity index (χ1n) is 13.1. The first kappa shape index (κ1) is 25.4. The lowest BCUT2D eigenvalue weighted by Crippen LogP contribution is -2.33. The zero-order valence-corrected chi connectivity index (χ0v) is 22.2. The Balaban J connectivity index is 1.42. The Hall–Kier alpha value is -3.26. The Morgan fingerprint density at radius 3 is 2.59 bits per heavy atom. The summed E-state index contributed by atoms with van der Waals surface area (Å²) in [5, 5.41) is 6.98. The predicted octanol–water partition coefficient (Wildman–Crippen LogP) is 6.15. The number of carbonyl (C=O) groups excluding carboxylic acids is 1. The fraction of sp³-hybridized carbons (Fsp3) is 0.414. The summed E-state index contributed by atoms with van der Waals surface area (Å²) in [6.45, 7) is 4.87. The van der Waals surface area contributed by atoms with Crippen LogP contribution in [0.3, 0.4) is 0 Å². The number of benzene rings is 1. The first-order valence-corrected chi connectivity index (χ1v) is 13.5. The molecule has 1 saturated heterocycles. The largest absolute Gasteiger partial charge is 0.352 e. The molecule has 1 aliphatic heterocycles. The lowest BCUT2D eigenvalue weighted by Gasteiger charge is -2.29. The highest BCUT2D eigenvalue weighted by Crippen LogP contribution is 2.42. The maximum atomic E-state index is 13.2. The van der Waals surface area contributed by atoms with Gasteiger partial charge in [0.1, 0.15) is 5.82 Å². The van der Waals surface area contributed by atoms with Crippen molar-refractivity contribution in [1.29, 1.82) is 0 Å². The number of amides is 1. The number of hydrogen-bond donors (Lipinski definition) is 2. The Morgan fingerprint density at radius 2 is 1.89 bits per heavy atom. The molecule has 3 heterocycles. The van der Waals surface area contributed by atoms with Gasteiger partial charge in [0, 0.05) is 42.3 Å². The van der Waals surface area contributed by atoms with Crippen molar-refractivity contribution in [2.45, 2.75) is 70.5 Å². The molecule has 1 aromatic carbocycles. The van der Waals surface area contributed by atoms with Crippen LogP contribution in [0.1, 0.15) is 79.3 Å². The summed E-state index contributed by atoms with van der Waals surface area (Å²) in [7, 11) is 0. The molecule has 1 amide bonds. The average molecular weight is 520 g/mol. The van der Waals surface area contributed by atoms with Gasteiger partial charge in [-0.15, -0.1) is 0 Å². The monoisotopic (exact) mass is 519 g/mol. The number of carbonyl (C=O) groups is 1. The highest BCUT2D eigenvalue weighted by atomic mass is 32.1. The molecule has 1 aliphatic carbocycles. The number of aryl methyl sites for hydroxylation is 1. The van der Waals surface area contributed by atoms with E-state index in [0.717, 1.165) is 5.69 Å². The van der Waals surface area contributed by atoms with Crippen LogP contribution in [0.5, 0.6) is 0 Å². The van der Waals surface area contributed by atoms with Crippen LogP contribution < -0.4 is 10.6 Å². The number of halogens is 1. The molecule has 2 aliphatic rings. The minimum absolute atomic E-state index is 0.0791. The number of hydrogen-bond acceptors (Lipinski definition) is 3. The maximum Gasteiger partial charge on any atom is 0.226 e. The molecule has 0 radical (unpaired) electrons. The number of pyridine rings is 1. The van der Waals surface area contributed by atoms with Crippen molar-refractivity contribution in [3.8, 4) is 0 Å². The molecule has 0 spiro atoms. The van der Waals surface area contributed by atoms with Crippen LogP contribution in [0.15, 0.2) is 54.7 Å². The predicted molar refractivity (Wildman–Crippen MR) is 148 cm³/mol. The molecular weight excluding hydrogens is 485 g/mol. The van der Waals surface area contributed by atoms with Gasteiger partial charge >= 0.3 is 0 Å². The Bertz CT molecular complexity index is 1250. The first-order chi connectivity index (χ1) is 17.9. The number of nitrogens with one attached hydrogen (secondary N) is 2. The van der Waals surface area contributed by atoms with Gasteiger partial charge in [-0.1, -0.05) is 25.3 Å². The van der Waals surface area contributed by atoms with Crippen molar-refractivity contribution in [3.05, 3.63) is 83.2 Å². The van der Waals surface area contributed by atoms with Crippen LogP contribution >= 0.6 is 12.2 Å².